The van der Waals surface area contributed by atoms with Gasteiger partial charge in [-0.15, -0.1) is 0 Å². The standard InChI is InChI=1S/C20H21NO3/c1-14(22)16-7-8-19(24-2)18(11-16)12-20(23)21-10-9-15-5-3-4-6-17(15)13-21/h3-8,11H,9-10,12-13H2,1-2H3. The summed E-state index contributed by atoms with van der Waals surface area (Å²) in [5, 5.41) is 0. The lowest BCUT2D eigenvalue weighted by Gasteiger charge is -2.29. The zero-order chi connectivity index (χ0) is 17.1. The molecule has 4 heteroatoms. The van der Waals surface area contributed by atoms with E-state index >= 15 is 0 Å². The number of ether oxygens (including phenoxy) is 1. The van der Waals surface area contributed by atoms with Crippen LogP contribution in [0.5, 0.6) is 5.75 Å². The number of methoxy groups -OCH3 is 1. The van der Waals surface area contributed by atoms with Crippen LogP contribution in [-0.2, 0) is 24.2 Å². The lowest BCUT2D eigenvalue weighted by Crippen LogP contribution is -2.36. The maximum Gasteiger partial charge on any atom is 0.227 e. The molecule has 0 aliphatic carbocycles. The van der Waals surface area contributed by atoms with E-state index in [1.54, 1.807) is 25.3 Å². The van der Waals surface area contributed by atoms with E-state index in [0.717, 1.165) is 18.5 Å². The van der Waals surface area contributed by atoms with Crippen molar-refractivity contribution < 1.29 is 14.3 Å². The van der Waals surface area contributed by atoms with Gasteiger partial charge in [-0.05, 0) is 42.7 Å². The summed E-state index contributed by atoms with van der Waals surface area (Å²) in [5.74, 6) is 0.688. The number of hydrogen-bond donors (Lipinski definition) is 0. The molecule has 0 fully saturated rings. The van der Waals surface area contributed by atoms with E-state index in [-0.39, 0.29) is 18.1 Å². The smallest absolute Gasteiger partial charge is 0.227 e. The van der Waals surface area contributed by atoms with Gasteiger partial charge >= 0.3 is 0 Å². The molecule has 1 heterocycles. The third-order valence-electron chi connectivity index (χ3n) is 4.51. The Kier molecular flexibility index (Phi) is 4.65. The summed E-state index contributed by atoms with van der Waals surface area (Å²) in [7, 11) is 1.58. The molecule has 24 heavy (non-hydrogen) atoms. The Bertz CT molecular complexity index is 782. The minimum absolute atomic E-state index is 0.0155. The number of nitrogens with zero attached hydrogens (tertiary/aromatic N) is 1. The lowest BCUT2D eigenvalue weighted by atomic mass is 9.99. The molecule has 1 aliphatic rings. The van der Waals surface area contributed by atoms with Crippen molar-refractivity contribution in [2.45, 2.75) is 26.3 Å². The summed E-state index contributed by atoms with van der Waals surface area (Å²) in [6.07, 6.45) is 1.12. The number of amides is 1. The molecular formula is C20H21NO3. The average Bonchev–Trinajstić information content (AvgIpc) is 2.61. The van der Waals surface area contributed by atoms with E-state index in [0.29, 0.717) is 17.9 Å². The zero-order valence-electron chi connectivity index (χ0n) is 14.0. The van der Waals surface area contributed by atoms with Crippen LogP contribution < -0.4 is 4.74 Å². The van der Waals surface area contributed by atoms with E-state index in [4.69, 9.17) is 4.74 Å². The van der Waals surface area contributed by atoms with Crippen molar-refractivity contribution >= 4 is 11.7 Å². The topological polar surface area (TPSA) is 46.6 Å². The van der Waals surface area contributed by atoms with E-state index in [2.05, 4.69) is 12.1 Å². The molecule has 0 aromatic heterocycles. The van der Waals surface area contributed by atoms with Crippen LogP contribution in [0.2, 0.25) is 0 Å². The van der Waals surface area contributed by atoms with Crippen molar-refractivity contribution in [1.29, 1.82) is 0 Å². The van der Waals surface area contributed by atoms with Gasteiger partial charge in [-0.1, -0.05) is 24.3 Å². The molecule has 0 bridgehead atoms. The number of Topliss-reactive ketones (excluding diaryl/α,β-unsaturated/α-hetero) is 1. The van der Waals surface area contributed by atoms with Crippen molar-refractivity contribution in [3.8, 4) is 5.75 Å². The molecule has 0 atom stereocenters. The predicted octanol–water partition coefficient (Wildman–Crippen LogP) is 3.03. The summed E-state index contributed by atoms with van der Waals surface area (Å²) < 4.78 is 5.34. The van der Waals surface area contributed by atoms with E-state index in [9.17, 15) is 9.59 Å². The van der Waals surface area contributed by atoms with Gasteiger partial charge in [0.1, 0.15) is 5.75 Å². The van der Waals surface area contributed by atoms with E-state index < -0.39 is 0 Å². The fraction of sp³-hybridized carbons (Fsp3) is 0.300. The highest BCUT2D eigenvalue weighted by Gasteiger charge is 2.21. The van der Waals surface area contributed by atoms with Gasteiger partial charge in [0.05, 0.1) is 13.5 Å². The second-order valence-electron chi connectivity index (χ2n) is 6.09. The SMILES string of the molecule is COc1ccc(C(C)=O)cc1CC(=O)N1CCc2ccccc2C1. The Balaban J connectivity index is 1.78. The quantitative estimate of drug-likeness (QED) is 0.813. The van der Waals surface area contributed by atoms with Crippen LogP contribution in [0.25, 0.3) is 0 Å². The van der Waals surface area contributed by atoms with Gasteiger partial charge in [0.15, 0.2) is 5.78 Å². The Labute approximate surface area is 142 Å². The number of rotatable bonds is 4. The monoisotopic (exact) mass is 323 g/mol. The van der Waals surface area contributed by atoms with Crippen LogP contribution in [0, 0.1) is 0 Å². The number of fused-ring (bicyclic) bond motifs is 1. The largest absolute Gasteiger partial charge is 0.496 e. The zero-order valence-corrected chi connectivity index (χ0v) is 14.0. The molecule has 2 aromatic carbocycles. The fourth-order valence-corrected chi connectivity index (χ4v) is 3.12. The van der Waals surface area contributed by atoms with Gasteiger partial charge in [-0.25, -0.2) is 0 Å². The van der Waals surface area contributed by atoms with Crippen molar-refractivity contribution in [3.05, 3.63) is 64.7 Å². The van der Waals surface area contributed by atoms with Crippen LogP contribution in [-0.4, -0.2) is 30.2 Å². The molecule has 4 nitrogen and oxygen atoms in total. The van der Waals surface area contributed by atoms with Gasteiger partial charge in [0, 0.05) is 24.2 Å². The highest BCUT2D eigenvalue weighted by Crippen LogP contribution is 2.23. The van der Waals surface area contributed by atoms with E-state index in [1.165, 1.54) is 18.1 Å². The molecule has 0 saturated heterocycles. The highest BCUT2D eigenvalue weighted by atomic mass is 16.5. The summed E-state index contributed by atoms with van der Waals surface area (Å²) in [4.78, 5) is 26.2. The van der Waals surface area contributed by atoms with Crippen molar-refractivity contribution in [3.63, 3.8) is 0 Å². The molecule has 1 aliphatic heterocycles. The second kappa shape index (κ2) is 6.87. The van der Waals surface area contributed by atoms with Gasteiger partial charge in [0.2, 0.25) is 5.91 Å². The van der Waals surface area contributed by atoms with E-state index in [1.807, 2.05) is 17.0 Å². The van der Waals surface area contributed by atoms with Crippen molar-refractivity contribution in [2.24, 2.45) is 0 Å². The maximum absolute atomic E-state index is 12.7. The van der Waals surface area contributed by atoms with Gasteiger partial charge in [-0.2, -0.15) is 0 Å². The van der Waals surface area contributed by atoms with Gasteiger partial charge < -0.3 is 9.64 Å². The third-order valence-corrected chi connectivity index (χ3v) is 4.51. The molecule has 0 N–H and O–H groups in total. The molecular weight excluding hydrogens is 302 g/mol. The Morgan fingerprint density at radius 3 is 2.58 bits per heavy atom. The maximum atomic E-state index is 12.7. The van der Waals surface area contributed by atoms with Gasteiger partial charge in [-0.3, -0.25) is 9.59 Å². The van der Waals surface area contributed by atoms with Crippen LogP contribution in [0.15, 0.2) is 42.5 Å². The average molecular weight is 323 g/mol. The highest BCUT2D eigenvalue weighted by molar-refractivity contribution is 5.94. The van der Waals surface area contributed by atoms with Crippen molar-refractivity contribution in [1.82, 2.24) is 4.90 Å². The molecule has 0 radical (unpaired) electrons. The second-order valence-corrected chi connectivity index (χ2v) is 6.09. The first-order valence-corrected chi connectivity index (χ1v) is 8.11. The van der Waals surface area contributed by atoms with Crippen LogP contribution in [0.4, 0.5) is 0 Å². The van der Waals surface area contributed by atoms with Crippen LogP contribution in [0.3, 0.4) is 0 Å². The normalized spacial score (nSPS) is 13.3. The number of ketones is 1. The summed E-state index contributed by atoms with van der Waals surface area (Å²) >= 11 is 0. The van der Waals surface area contributed by atoms with Crippen LogP contribution in [0.1, 0.15) is 34.0 Å². The molecule has 1 amide bonds. The first-order chi connectivity index (χ1) is 11.6. The molecule has 0 spiro atoms. The molecule has 2 aromatic rings. The lowest BCUT2D eigenvalue weighted by molar-refractivity contribution is -0.131. The summed E-state index contributed by atoms with van der Waals surface area (Å²) in [5.41, 5.74) is 3.89. The van der Waals surface area contributed by atoms with Gasteiger partial charge in [0.25, 0.3) is 0 Å². The molecule has 0 unspecified atom stereocenters. The minimum Gasteiger partial charge on any atom is -0.496 e. The minimum atomic E-state index is -0.0155. The molecule has 124 valence electrons. The summed E-state index contributed by atoms with van der Waals surface area (Å²) in [6.45, 7) is 2.89. The Morgan fingerprint density at radius 1 is 1.12 bits per heavy atom. The Morgan fingerprint density at radius 2 is 1.88 bits per heavy atom. The van der Waals surface area contributed by atoms with Crippen LogP contribution >= 0.6 is 0 Å². The number of carbonyl (C=O) groups is 2. The predicted molar refractivity (Wildman–Crippen MR) is 92.3 cm³/mol. The molecule has 0 saturated carbocycles. The third kappa shape index (κ3) is 3.32. The number of hydrogen-bond acceptors (Lipinski definition) is 3. The molecule has 3 rings (SSSR count). The number of carbonyl (C=O) groups excluding carboxylic acids is 2. The first-order valence-electron chi connectivity index (χ1n) is 8.11. The fourth-order valence-electron chi connectivity index (χ4n) is 3.12. The first kappa shape index (κ1) is 16.2. The summed E-state index contributed by atoms with van der Waals surface area (Å²) in [6, 6.07) is 13.5. The van der Waals surface area contributed by atoms with Crippen molar-refractivity contribution in [2.75, 3.05) is 13.7 Å². The number of benzene rings is 2. The Hall–Kier alpha value is -2.62.